The molecule has 0 spiro atoms. The van der Waals surface area contributed by atoms with Gasteiger partial charge in [-0.25, -0.2) is 4.98 Å². The lowest BCUT2D eigenvalue weighted by Crippen LogP contribution is -2.19. The molecule has 0 saturated heterocycles. The van der Waals surface area contributed by atoms with Crippen LogP contribution in [0.15, 0.2) is 29.0 Å². The van der Waals surface area contributed by atoms with Gasteiger partial charge >= 0.3 is 0 Å². The first kappa shape index (κ1) is 13.8. The first-order chi connectivity index (χ1) is 9.65. The third kappa shape index (κ3) is 2.67. The second-order valence-electron chi connectivity index (χ2n) is 5.67. The monoisotopic (exact) mass is 333 g/mol. The highest BCUT2D eigenvalue weighted by Crippen LogP contribution is 2.27. The van der Waals surface area contributed by atoms with Gasteiger partial charge in [0.15, 0.2) is 0 Å². The topological polar surface area (TPSA) is 43.8 Å². The number of hydrogen-bond donors (Lipinski definition) is 1. The highest BCUT2D eigenvalue weighted by molar-refractivity contribution is 9.10. The highest BCUT2D eigenvalue weighted by atomic mass is 79.9. The maximum Gasteiger partial charge on any atom is 0.0997 e. The number of halogens is 1. The lowest BCUT2D eigenvalue weighted by atomic mass is 10.00. The van der Waals surface area contributed by atoms with Crippen molar-refractivity contribution in [2.45, 2.75) is 45.1 Å². The number of aromatic nitrogens is 2. The van der Waals surface area contributed by atoms with Crippen LogP contribution in [0.4, 0.5) is 0 Å². The van der Waals surface area contributed by atoms with E-state index in [0.717, 1.165) is 23.7 Å². The molecule has 106 valence electrons. The van der Waals surface area contributed by atoms with Crippen molar-refractivity contribution in [1.29, 1.82) is 0 Å². The summed E-state index contributed by atoms with van der Waals surface area (Å²) in [5.74, 6) is 0. The molecule has 0 saturated carbocycles. The number of aryl methyl sites for hydroxylation is 1. The second kappa shape index (κ2) is 5.70. The Hall–Kier alpha value is -1.13. The average Bonchev–Trinajstić information content (AvgIpc) is 2.82. The molecule has 20 heavy (non-hydrogen) atoms. The Kier molecular flexibility index (Phi) is 3.94. The van der Waals surface area contributed by atoms with E-state index < -0.39 is 0 Å². The first-order valence-electron chi connectivity index (χ1n) is 7.24. The molecule has 0 fully saturated rings. The Labute approximate surface area is 128 Å². The van der Waals surface area contributed by atoms with E-state index in [1.807, 2.05) is 13.3 Å². The lowest BCUT2D eigenvalue weighted by molar-refractivity contribution is 0.654. The molecule has 2 aromatic rings. The van der Waals surface area contributed by atoms with Gasteiger partial charge in [-0.15, -0.1) is 0 Å². The SMILES string of the molecule is CC(N)Cc1cc(Br)ccc1-n1cnc2c1CCCC2. The van der Waals surface area contributed by atoms with Crippen molar-refractivity contribution >= 4 is 15.9 Å². The van der Waals surface area contributed by atoms with Gasteiger partial charge in [-0.05, 0) is 62.8 Å². The van der Waals surface area contributed by atoms with Gasteiger partial charge in [0.05, 0.1) is 17.7 Å². The number of nitrogens with zero attached hydrogens (tertiary/aromatic N) is 2. The predicted octanol–water partition coefficient (Wildman–Crippen LogP) is 3.40. The number of rotatable bonds is 3. The number of benzene rings is 1. The third-order valence-electron chi connectivity index (χ3n) is 3.87. The zero-order valence-corrected chi connectivity index (χ0v) is 13.4. The van der Waals surface area contributed by atoms with Gasteiger partial charge in [0.2, 0.25) is 0 Å². The van der Waals surface area contributed by atoms with Crippen LogP contribution in [0.2, 0.25) is 0 Å². The van der Waals surface area contributed by atoms with Crippen molar-refractivity contribution in [1.82, 2.24) is 9.55 Å². The highest BCUT2D eigenvalue weighted by Gasteiger charge is 2.18. The van der Waals surface area contributed by atoms with E-state index >= 15 is 0 Å². The maximum absolute atomic E-state index is 5.99. The Morgan fingerprint density at radius 2 is 2.15 bits per heavy atom. The molecule has 1 heterocycles. The fourth-order valence-corrected chi connectivity index (χ4v) is 3.38. The van der Waals surface area contributed by atoms with E-state index in [0.29, 0.717) is 0 Å². The number of fused-ring (bicyclic) bond motifs is 1. The maximum atomic E-state index is 5.99. The van der Waals surface area contributed by atoms with E-state index in [9.17, 15) is 0 Å². The molecule has 1 aliphatic rings. The van der Waals surface area contributed by atoms with Gasteiger partial charge < -0.3 is 10.3 Å². The van der Waals surface area contributed by atoms with Gasteiger partial charge in [-0.3, -0.25) is 0 Å². The van der Waals surface area contributed by atoms with Crippen molar-refractivity contribution in [3.8, 4) is 5.69 Å². The molecule has 0 bridgehead atoms. The Morgan fingerprint density at radius 3 is 2.95 bits per heavy atom. The molecule has 1 atom stereocenters. The summed E-state index contributed by atoms with van der Waals surface area (Å²) in [5.41, 5.74) is 11.1. The predicted molar refractivity (Wildman–Crippen MR) is 85.3 cm³/mol. The summed E-state index contributed by atoms with van der Waals surface area (Å²) in [6.07, 6.45) is 7.62. The van der Waals surface area contributed by atoms with Crippen molar-refractivity contribution in [2.24, 2.45) is 5.73 Å². The van der Waals surface area contributed by atoms with Crippen LogP contribution in [0.5, 0.6) is 0 Å². The van der Waals surface area contributed by atoms with E-state index in [1.165, 1.54) is 35.5 Å². The van der Waals surface area contributed by atoms with Crippen LogP contribution in [0.1, 0.15) is 36.7 Å². The van der Waals surface area contributed by atoms with Gasteiger partial charge in [0, 0.05) is 16.2 Å². The van der Waals surface area contributed by atoms with E-state index in [2.05, 4.69) is 43.7 Å². The Bertz CT molecular complexity index is 616. The largest absolute Gasteiger partial charge is 0.328 e. The van der Waals surface area contributed by atoms with Crippen LogP contribution in [0.3, 0.4) is 0 Å². The quantitative estimate of drug-likeness (QED) is 0.935. The summed E-state index contributed by atoms with van der Waals surface area (Å²) >= 11 is 3.56. The molecule has 3 nitrogen and oxygen atoms in total. The van der Waals surface area contributed by atoms with Gasteiger partial charge in [0.25, 0.3) is 0 Å². The number of nitrogens with two attached hydrogens (primary N) is 1. The minimum absolute atomic E-state index is 0.155. The fourth-order valence-electron chi connectivity index (χ4n) is 2.98. The van der Waals surface area contributed by atoms with Crippen LogP contribution in [0.25, 0.3) is 5.69 Å². The van der Waals surface area contributed by atoms with Crippen LogP contribution in [-0.4, -0.2) is 15.6 Å². The molecule has 3 rings (SSSR count). The molecular formula is C16H20BrN3. The van der Waals surface area contributed by atoms with Crippen molar-refractivity contribution < 1.29 is 0 Å². The standard InChI is InChI=1S/C16H20BrN3/c1-11(18)8-12-9-13(17)6-7-15(12)20-10-19-14-4-2-3-5-16(14)20/h6-7,9-11H,2-5,8,18H2,1H3. The summed E-state index contributed by atoms with van der Waals surface area (Å²) in [5, 5.41) is 0. The van der Waals surface area contributed by atoms with Crippen molar-refractivity contribution in [3.63, 3.8) is 0 Å². The molecule has 0 radical (unpaired) electrons. The molecule has 1 aliphatic carbocycles. The zero-order chi connectivity index (χ0) is 14.1. The minimum atomic E-state index is 0.155. The van der Waals surface area contributed by atoms with Gasteiger partial charge in [-0.1, -0.05) is 15.9 Å². The summed E-state index contributed by atoms with van der Waals surface area (Å²) in [6, 6.07) is 6.59. The molecule has 1 aromatic heterocycles. The van der Waals surface area contributed by atoms with Crippen LogP contribution in [0, 0.1) is 0 Å². The van der Waals surface area contributed by atoms with Crippen molar-refractivity contribution in [3.05, 3.63) is 46.0 Å². The Balaban J connectivity index is 2.07. The summed E-state index contributed by atoms with van der Waals surface area (Å²) in [6.45, 7) is 2.05. The summed E-state index contributed by atoms with van der Waals surface area (Å²) in [4.78, 5) is 4.60. The normalized spacial score (nSPS) is 15.9. The molecule has 1 unspecified atom stereocenters. The first-order valence-corrected chi connectivity index (χ1v) is 8.04. The molecule has 0 amide bonds. The van der Waals surface area contributed by atoms with Crippen LogP contribution >= 0.6 is 15.9 Å². The number of hydrogen-bond acceptors (Lipinski definition) is 2. The lowest BCUT2D eigenvalue weighted by Gasteiger charge is -2.18. The molecule has 4 heteroatoms. The van der Waals surface area contributed by atoms with Crippen molar-refractivity contribution in [2.75, 3.05) is 0 Å². The molecular weight excluding hydrogens is 314 g/mol. The van der Waals surface area contributed by atoms with Gasteiger partial charge in [-0.2, -0.15) is 0 Å². The smallest absolute Gasteiger partial charge is 0.0997 e. The third-order valence-corrected chi connectivity index (χ3v) is 4.37. The summed E-state index contributed by atoms with van der Waals surface area (Å²) < 4.78 is 3.37. The van der Waals surface area contributed by atoms with E-state index in [1.54, 1.807) is 0 Å². The summed E-state index contributed by atoms with van der Waals surface area (Å²) in [7, 11) is 0. The Morgan fingerprint density at radius 1 is 1.35 bits per heavy atom. The molecule has 1 aromatic carbocycles. The fraction of sp³-hybridized carbons (Fsp3) is 0.438. The zero-order valence-electron chi connectivity index (χ0n) is 11.8. The average molecular weight is 334 g/mol. The van der Waals surface area contributed by atoms with E-state index in [-0.39, 0.29) is 6.04 Å². The van der Waals surface area contributed by atoms with E-state index in [4.69, 9.17) is 5.73 Å². The second-order valence-corrected chi connectivity index (χ2v) is 6.59. The van der Waals surface area contributed by atoms with Crippen LogP contribution in [-0.2, 0) is 19.3 Å². The molecule has 2 N–H and O–H groups in total. The van der Waals surface area contributed by atoms with Gasteiger partial charge in [0.1, 0.15) is 0 Å². The number of imidazole rings is 1. The van der Waals surface area contributed by atoms with Crippen LogP contribution < -0.4 is 5.73 Å². The minimum Gasteiger partial charge on any atom is -0.328 e. The molecule has 0 aliphatic heterocycles.